The Bertz CT molecular complexity index is 896. The molecule has 1 aromatic carbocycles. The van der Waals surface area contributed by atoms with Gasteiger partial charge in [-0.25, -0.2) is 18.4 Å². The summed E-state index contributed by atoms with van der Waals surface area (Å²) in [6.07, 6.45) is 3.43. The number of hydrogen-bond donors (Lipinski definition) is 2. The van der Waals surface area contributed by atoms with Crippen LogP contribution in [0.4, 0.5) is 11.6 Å². The summed E-state index contributed by atoms with van der Waals surface area (Å²) in [5.74, 6) is 0.961. The molecule has 144 valence electrons. The number of carbonyl (C=O) groups excluding carboxylic acids is 1. The fourth-order valence-electron chi connectivity index (χ4n) is 2.70. The van der Waals surface area contributed by atoms with Crippen molar-refractivity contribution in [1.82, 2.24) is 9.97 Å². The van der Waals surface area contributed by atoms with E-state index in [0.717, 1.165) is 5.75 Å². The lowest BCUT2D eigenvalue weighted by atomic mass is 10.2. The topological polar surface area (TPSA) is 110 Å². The first-order chi connectivity index (χ1) is 12.8. The Hall–Kier alpha value is -2.68. The van der Waals surface area contributed by atoms with E-state index in [0.29, 0.717) is 23.6 Å². The van der Waals surface area contributed by atoms with E-state index in [1.54, 1.807) is 24.3 Å². The summed E-state index contributed by atoms with van der Waals surface area (Å²) in [5.41, 5.74) is 0.941. The number of sulfone groups is 1. The standard InChI is InChI=1S/C18H22N4O4S/c1-12(2)26-16-5-3-14(4-6-16)21-17(23)13-9-19-18(20-10-13)22-15-7-8-27(24,25)11-15/h3-6,9-10,12,15H,7-8,11H2,1-2H3,(H,21,23)(H,19,20,22). The molecule has 1 fully saturated rings. The third-order valence-electron chi connectivity index (χ3n) is 3.96. The molecule has 1 saturated heterocycles. The fourth-order valence-corrected chi connectivity index (χ4v) is 4.38. The van der Waals surface area contributed by atoms with Crippen LogP contribution in [0.2, 0.25) is 0 Å². The van der Waals surface area contributed by atoms with Crippen molar-refractivity contribution < 1.29 is 17.9 Å². The van der Waals surface area contributed by atoms with Gasteiger partial charge in [0, 0.05) is 24.1 Å². The van der Waals surface area contributed by atoms with Crippen LogP contribution in [0.25, 0.3) is 0 Å². The molecule has 1 amide bonds. The summed E-state index contributed by atoms with van der Waals surface area (Å²) in [6, 6.07) is 6.89. The Morgan fingerprint density at radius 1 is 1.19 bits per heavy atom. The van der Waals surface area contributed by atoms with Crippen LogP contribution in [0.3, 0.4) is 0 Å². The van der Waals surface area contributed by atoms with Crippen LogP contribution >= 0.6 is 0 Å². The average molecular weight is 390 g/mol. The summed E-state index contributed by atoms with van der Waals surface area (Å²) >= 11 is 0. The zero-order chi connectivity index (χ0) is 19.4. The van der Waals surface area contributed by atoms with Gasteiger partial charge in [-0.05, 0) is 44.5 Å². The zero-order valence-corrected chi connectivity index (χ0v) is 16.0. The molecule has 0 aliphatic carbocycles. The van der Waals surface area contributed by atoms with E-state index in [9.17, 15) is 13.2 Å². The largest absolute Gasteiger partial charge is 0.491 e. The van der Waals surface area contributed by atoms with E-state index in [2.05, 4.69) is 20.6 Å². The van der Waals surface area contributed by atoms with Crippen LogP contribution in [0.15, 0.2) is 36.7 Å². The van der Waals surface area contributed by atoms with Crippen LogP contribution < -0.4 is 15.4 Å². The molecule has 27 heavy (non-hydrogen) atoms. The molecule has 1 unspecified atom stereocenters. The SMILES string of the molecule is CC(C)Oc1ccc(NC(=O)c2cnc(NC3CCS(=O)(=O)C3)nc2)cc1. The van der Waals surface area contributed by atoms with Crippen molar-refractivity contribution >= 4 is 27.4 Å². The number of benzene rings is 1. The Kier molecular flexibility index (Phi) is 5.59. The summed E-state index contributed by atoms with van der Waals surface area (Å²) in [5, 5.41) is 5.75. The van der Waals surface area contributed by atoms with E-state index < -0.39 is 9.84 Å². The second-order valence-corrected chi connectivity index (χ2v) is 8.91. The highest BCUT2D eigenvalue weighted by atomic mass is 32.2. The number of ether oxygens (including phenoxy) is 1. The van der Waals surface area contributed by atoms with Gasteiger partial charge in [0.15, 0.2) is 9.84 Å². The van der Waals surface area contributed by atoms with Gasteiger partial charge in [-0.15, -0.1) is 0 Å². The summed E-state index contributed by atoms with van der Waals surface area (Å²) in [4.78, 5) is 20.5. The number of nitrogens with zero attached hydrogens (tertiary/aromatic N) is 2. The van der Waals surface area contributed by atoms with Crippen molar-refractivity contribution in [2.45, 2.75) is 32.4 Å². The molecular weight excluding hydrogens is 368 g/mol. The second-order valence-electron chi connectivity index (χ2n) is 6.68. The number of aromatic nitrogens is 2. The predicted octanol–water partition coefficient (Wildman–Crippen LogP) is 2.12. The molecule has 2 aromatic rings. The van der Waals surface area contributed by atoms with Crippen molar-refractivity contribution in [3.63, 3.8) is 0 Å². The first-order valence-corrected chi connectivity index (χ1v) is 10.5. The molecule has 2 N–H and O–H groups in total. The maximum absolute atomic E-state index is 12.3. The first kappa shape index (κ1) is 19.1. The lowest BCUT2D eigenvalue weighted by molar-refractivity contribution is 0.102. The number of rotatable bonds is 6. The number of anilines is 2. The highest BCUT2D eigenvalue weighted by molar-refractivity contribution is 7.91. The normalized spacial score (nSPS) is 18.3. The predicted molar refractivity (Wildman–Crippen MR) is 103 cm³/mol. The summed E-state index contributed by atoms with van der Waals surface area (Å²) in [7, 11) is -2.97. The van der Waals surface area contributed by atoms with Crippen molar-refractivity contribution in [2.75, 3.05) is 22.1 Å². The molecule has 9 heteroatoms. The molecule has 0 spiro atoms. The minimum Gasteiger partial charge on any atom is -0.491 e. The van der Waals surface area contributed by atoms with Gasteiger partial charge in [-0.2, -0.15) is 0 Å². The summed E-state index contributed by atoms with van der Waals surface area (Å²) in [6.45, 7) is 3.89. The van der Waals surface area contributed by atoms with E-state index in [-0.39, 0.29) is 29.6 Å². The quantitative estimate of drug-likeness (QED) is 0.777. The van der Waals surface area contributed by atoms with Gasteiger partial charge < -0.3 is 15.4 Å². The minimum atomic E-state index is -2.97. The molecule has 8 nitrogen and oxygen atoms in total. The van der Waals surface area contributed by atoms with Crippen molar-refractivity contribution in [3.8, 4) is 5.75 Å². The lowest BCUT2D eigenvalue weighted by Crippen LogP contribution is -2.22. The van der Waals surface area contributed by atoms with Crippen LogP contribution in [0.1, 0.15) is 30.6 Å². The number of amides is 1. The van der Waals surface area contributed by atoms with Crippen molar-refractivity contribution in [1.29, 1.82) is 0 Å². The van der Waals surface area contributed by atoms with E-state index in [1.807, 2.05) is 13.8 Å². The molecule has 1 aromatic heterocycles. The molecule has 1 aliphatic rings. The van der Waals surface area contributed by atoms with Gasteiger partial charge in [0.1, 0.15) is 5.75 Å². The maximum atomic E-state index is 12.3. The fraction of sp³-hybridized carbons (Fsp3) is 0.389. The number of nitrogens with one attached hydrogen (secondary N) is 2. The number of hydrogen-bond acceptors (Lipinski definition) is 7. The summed E-state index contributed by atoms with van der Waals surface area (Å²) < 4.78 is 28.5. The number of carbonyl (C=O) groups is 1. The zero-order valence-electron chi connectivity index (χ0n) is 15.2. The lowest BCUT2D eigenvalue weighted by Gasteiger charge is -2.11. The van der Waals surface area contributed by atoms with Gasteiger partial charge in [0.2, 0.25) is 5.95 Å². The third kappa shape index (κ3) is 5.40. The maximum Gasteiger partial charge on any atom is 0.258 e. The Morgan fingerprint density at radius 2 is 1.85 bits per heavy atom. The third-order valence-corrected chi connectivity index (χ3v) is 5.73. The van der Waals surface area contributed by atoms with Crippen LogP contribution in [-0.4, -0.2) is 47.9 Å². The molecule has 1 atom stereocenters. The van der Waals surface area contributed by atoms with E-state index in [1.165, 1.54) is 12.4 Å². The molecule has 0 bridgehead atoms. The Balaban J connectivity index is 1.57. The van der Waals surface area contributed by atoms with Gasteiger partial charge in [0.25, 0.3) is 5.91 Å². The molecular formula is C18H22N4O4S. The van der Waals surface area contributed by atoms with Crippen molar-refractivity contribution in [3.05, 3.63) is 42.2 Å². The Labute approximate surface area is 158 Å². The highest BCUT2D eigenvalue weighted by Gasteiger charge is 2.28. The van der Waals surface area contributed by atoms with Gasteiger partial charge in [-0.3, -0.25) is 4.79 Å². The molecule has 1 aliphatic heterocycles. The van der Waals surface area contributed by atoms with Crippen LogP contribution in [0, 0.1) is 0 Å². The van der Waals surface area contributed by atoms with Gasteiger partial charge >= 0.3 is 0 Å². The van der Waals surface area contributed by atoms with Gasteiger partial charge in [-0.1, -0.05) is 0 Å². The minimum absolute atomic E-state index is 0.0785. The monoisotopic (exact) mass is 390 g/mol. The van der Waals surface area contributed by atoms with E-state index in [4.69, 9.17) is 4.74 Å². The smallest absolute Gasteiger partial charge is 0.258 e. The van der Waals surface area contributed by atoms with Crippen molar-refractivity contribution in [2.24, 2.45) is 0 Å². The van der Waals surface area contributed by atoms with Crippen LogP contribution in [0.5, 0.6) is 5.75 Å². The average Bonchev–Trinajstić information content (AvgIpc) is 2.95. The molecule has 0 radical (unpaired) electrons. The highest BCUT2D eigenvalue weighted by Crippen LogP contribution is 2.18. The Morgan fingerprint density at radius 3 is 2.41 bits per heavy atom. The first-order valence-electron chi connectivity index (χ1n) is 8.68. The van der Waals surface area contributed by atoms with Crippen LogP contribution in [-0.2, 0) is 9.84 Å². The molecule has 2 heterocycles. The molecule has 3 rings (SSSR count). The van der Waals surface area contributed by atoms with E-state index >= 15 is 0 Å². The molecule has 0 saturated carbocycles. The second kappa shape index (κ2) is 7.91. The van der Waals surface area contributed by atoms with Gasteiger partial charge in [0.05, 0.1) is 23.2 Å².